The maximum atomic E-state index is 12.1. The van der Waals surface area contributed by atoms with Crippen LogP contribution in [-0.2, 0) is 17.7 Å². The third kappa shape index (κ3) is 5.17. The normalized spacial score (nSPS) is 10.6. The van der Waals surface area contributed by atoms with Crippen LogP contribution in [-0.4, -0.2) is 34.5 Å². The summed E-state index contributed by atoms with van der Waals surface area (Å²) in [7, 11) is 1.39. The van der Waals surface area contributed by atoms with Crippen molar-refractivity contribution in [3.8, 4) is 0 Å². The van der Waals surface area contributed by atoms with Gasteiger partial charge in [0, 0.05) is 24.2 Å². The second-order valence-electron chi connectivity index (χ2n) is 5.34. The number of nitrogens with zero attached hydrogens (tertiary/aromatic N) is 2. The molecule has 0 amide bonds. The van der Waals surface area contributed by atoms with Gasteiger partial charge in [0.25, 0.3) is 0 Å². The van der Waals surface area contributed by atoms with E-state index in [1.54, 1.807) is 17.1 Å². The number of anilines is 1. The molecule has 2 N–H and O–H groups in total. The molecule has 0 aliphatic heterocycles. The molecule has 9 heteroatoms. The average molecular weight is 401 g/mol. The Kier molecular flexibility index (Phi) is 7.22. The molecule has 0 saturated heterocycles. The topological polar surface area (TPSA) is 68.2 Å². The molecule has 0 spiro atoms. The largest absolute Gasteiger partial charge is 0.465 e. The van der Waals surface area contributed by atoms with Crippen LogP contribution >= 0.6 is 35.2 Å². The van der Waals surface area contributed by atoms with E-state index in [2.05, 4.69) is 15.7 Å². The molecular weight excluding hydrogens is 380 g/mol. The van der Waals surface area contributed by atoms with Gasteiger partial charge in [-0.3, -0.25) is 4.68 Å². The van der Waals surface area contributed by atoms with Gasteiger partial charge in [-0.15, -0.1) is 11.3 Å². The minimum atomic E-state index is -0.345. The molecule has 0 saturated carbocycles. The van der Waals surface area contributed by atoms with Crippen LogP contribution in [0.4, 0.5) is 5.00 Å². The van der Waals surface area contributed by atoms with E-state index in [4.69, 9.17) is 28.6 Å². The Morgan fingerprint density at radius 2 is 2.28 bits per heavy atom. The predicted octanol–water partition coefficient (Wildman–Crippen LogP) is 3.63. The number of aromatic nitrogens is 2. The lowest BCUT2D eigenvalue weighted by atomic mass is 10.1. The minimum absolute atomic E-state index is 0.345. The van der Waals surface area contributed by atoms with Crippen LogP contribution in [0.1, 0.15) is 34.1 Å². The van der Waals surface area contributed by atoms with Crippen LogP contribution in [0.2, 0.25) is 5.02 Å². The standard InChI is InChI=1S/C16H21ClN4O2S2/c1-4-12-10(2)25-14(13(12)15(22)23-3)20-16(24)18-6-5-7-21-9-11(17)8-19-21/h8-9H,4-7H2,1-3H3,(H2,18,20,24). The number of hydrogen-bond donors (Lipinski definition) is 2. The smallest absolute Gasteiger partial charge is 0.341 e. The van der Waals surface area contributed by atoms with Crippen molar-refractivity contribution in [3.05, 3.63) is 33.4 Å². The SMILES string of the molecule is CCc1c(C)sc(NC(=S)NCCCn2cc(Cl)cn2)c1C(=O)OC. The van der Waals surface area contributed by atoms with Crippen molar-refractivity contribution < 1.29 is 9.53 Å². The second kappa shape index (κ2) is 9.17. The van der Waals surface area contributed by atoms with Crippen LogP contribution < -0.4 is 10.6 Å². The number of hydrogen-bond acceptors (Lipinski definition) is 5. The van der Waals surface area contributed by atoms with Gasteiger partial charge >= 0.3 is 5.97 Å². The molecule has 2 heterocycles. The molecule has 2 aromatic rings. The fourth-order valence-corrected chi connectivity index (χ4v) is 4.02. The lowest BCUT2D eigenvalue weighted by Gasteiger charge is -2.11. The number of thiocarbonyl (C=S) groups is 1. The van der Waals surface area contributed by atoms with Gasteiger partial charge in [-0.05, 0) is 37.5 Å². The van der Waals surface area contributed by atoms with Crippen molar-refractivity contribution in [3.63, 3.8) is 0 Å². The first kappa shape index (κ1) is 19.7. The number of halogens is 1. The van der Waals surface area contributed by atoms with Crippen molar-refractivity contribution in [2.24, 2.45) is 0 Å². The van der Waals surface area contributed by atoms with Crippen molar-refractivity contribution >= 4 is 51.2 Å². The molecular formula is C16H21ClN4O2S2. The quantitative estimate of drug-likeness (QED) is 0.420. The highest BCUT2D eigenvalue weighted by Crippen LogP contribution is 2.33. The van der Waals surface area contributed by atoms with E-state index in [-0.39, 0.29) is 5.97 Å². The summed E-state index contributed by atoms with van der Waals surface area (Å²) in [6, 6.07) is 0. The highest BCUT2D eigenvalue weighted by molar-refractivity contribution is 7.80. The minimum Gasteiger partial charge on any atom is -0.465 e. The number of carbonyl (C=O) groups is 1. The molecule has 2 aromatic heterocycles. The van der Waals surface area contributed by atoms with Gasteiger partial charge in [0.15, 0.2) is 5.11 Å². The number of carbonyl (C=O) groups excluding carboxylic acids is 1. The molecule has 0 radical (unpaired) electrons. The van der Waals surface area contributed by atoms with Gasteiger partial charge in [0.05, 0.1) is 23.9 Å². The Morgan fingerprint density at radius 1 is 1.52 bits per heavy atom. The van der Waals surface area contributed by atoms with E-state index in [1.807, 2.05) is 13.8 Å². The predicted molar refractivity (Wildman–Crippen MR) is 106 cm³/mol. The summed E-state index contributed by atoms with van der Waals surface area (Å²) in [4.78, 5) is 13.2. The molecule has 2 rings (SSSR count). The van der Waals surface area contributed by atoms with Gasteiger partial charge < -0.3 is 15.4 Å². The maximum Gasteiger partial charge on any atom is 0.341 e. The number of esters is 1. The van der Waals surface area contributed by atoms with Gasteiger partial charge in [-0.1, -0.05) is 18.5 Å². The molecule has 0 unspecified atom stereocenters. The van der Waals surface area contributed by atoms with E-state index in [9.17, 15) is 4.79 Å². The summed E-state index contributed by atoms with van der Waals surface area (Å²) in [6.07, 6.45) is 5.00. The van der Waals surface area contributed by atoms with E-state index in [0.29, 0.717) is 22.2 Å². The monoisotopic (exact) mass is 400 g/mol. The Balaban J connectivity index is 1.90. The molecule has 0 atom stereocenters. The zero-order chi connectivity index (χ0) is 18.4. The zero-order valence-corrected chi connectivity index (χ0v) is 16.8. The van der Waals surface area contributed by atoms with Crippen molar-refractivity contribution in [1.29, 1.82) is 0 Å². The zero-order valence-electron chi connectivity index (χ0n) is 14.4. The maximum absolute atomic E-state index is 12.1. The van der Waals surface area contributed by atoms with Crippen LogP contribution in [0.15, 0.2) is 12.4 Å². The van der Waals surface area contributed by atoms with Gasteiger partial charge in [0.1, 0.15) is 5.00 Å². The summed E-state index contributed by atoms with van der Waals surface area (Å²) < 4.78 is 6.69. The summed E-state index contributed by atoms with van der Waals surface area (Å²) >= 11 is 12.7. The molecule has 136 valence electrons. The molecule has 0 aromatic carbocycles. The molecule has 0 aliphatic carbocycles. The average Bonchev–Trinajstić information content (AvgIpc) is 3.13. The molecule has 25 heavy (non-hydrogen) atoms. The number of aryl methyl sites for hydroxylation is 2. The molecule has 0 aliphatic rings. The summed E-state index contributed by atoms with van der Waals surface area (Å²) in [5.74, 6) is -0.345. The van der Waals surface area contributed by atoms with Gasteiger partial charge in [-0.25, -0.2) is 4.79 Å². The van der Waals surface area contributed by atoms with Crippen LogP contribution in [0.3, 0.4) is 0 Å². The third-order valence-electron chi connectivity index (χ3n) is 3.63. The lowest BCUT2D eigenvalue weighted by molar-refractivity contribution is 0.0601. The molecule has 0 fully saturated rings. The van der Waals surface area contributed by atoms with Gasteiger partial charge in [-0.2, -0.15) is 5.10 Å². The first-order valence-electron chi connectivity index (χ1n) is 7.89. The highest BCUT2D eigenvalue weighted by atomic mass is 35.5. The Bertz CT molecular complexity index is 757. The van der Waals surface area contributed by atoms with Crippen molar-refractivity contribution in [2.45, 2.75) is 33.2 Å². The number of ether oxygens (including phenoxy) is 1. The van der Waals surface area contributed by atoms with E-state index >= 15 is 0 Å². The number of nitrogens with one attached hydrogen (secondary N) is 2. The highest BCUT2D eigenvalue weighted by Gasteiger charge is 2.22. The number of rotatable bonds is 7. The first-order chi connectivity index (χ1) is 12.0. The third-order valence-corrected chi connectivity index (χ3v) is 5.13. The lowest BCUT2D eigenvalue weighted by Crippen LogP contribution is -2.30. The second-order valence-corrected chi connectivity index (χ2v) is 7.41. The summed E-state index contributed by atoms with van der Waals surface area (Å²) in [6.45, 7) is 5.44. The van der Waals surface area contributed by atoms with Gasteiger partial charge in [0.2, 0.25) is 0 Å². The number of thiophene rings is 1. The van der Waals surface area contributed by atoms with Crippen LogP contribution in [0, 0.1) is 6.92 Å². The van der Waals surface area contributed by atoms with E-state index in [1.165, 1.54) is 18.4 Å². The fraction of sp³-hybridized carbons (Fsp3) is 0.438. The first-order valence-corrected chi connectivity index (χ1v) is 9.49. The van der Waals surface area contributed by atoms with Crippen molar-refractivity contribution in [2.75, 3.05) is 19.0 Å². The molecule has 0 bridgehead atoms. The van der Waals surface area contributed by atoms with E-state index < -0.39 is 0 Å². The Labute approximate surface area is 161 Å². The summed E-state index contributed by atoms with van der Waals surface area (Å²) in [5, 5.41) is 12.2. The van der Waals surface area contributed by atoms with Crippen LogP contribution in [0.5, 0.6) is 0 Å². The molecule has 6 nitrogen and oxygen atoms in total. The number of methoxy groups -OCH3 is 1. The Hall–Kier alpha value is -1.64. The summed E-state index contributed by atoms with van der Waals surface area (Å²) in [5.41, 5.74) is 1.57. The fourth-order valence-electron chi connectivity index (χ4n) is 2.46. The Morgan fingerprint density at radius 3 is 2.88 bits per heavy atom. The van der Waals surface area contributed by atoms with Crippen molar-refractivity contribution in [1.82, 2.24) is 15.1 Å². The van der Waals surface area contributed by atoms with Crippen LogP contribution in [0.25, 0.3) is 0 Å². The van der Waals surface area contributed by atoms with E-state index in [0.717, 1.165) is 34.8 Å².